The Morgan fingerprint density at radius 3 is 2.50 bits per heavy atom. The van der Waals surface area contributed by atoms with Crippen LogP contribution in [0, 0.1) is 0 Å². The first-order valence-corrected chi connectivity index (χ1v) is 8.91. The Morgan fingerprint density at radius 2 is 1.95 bits per heavy atom. The number of carbonyl (C=O) groups excluding carboxylic acids is 1. The van der Waals surface area contributed by atoms with Crippen molar-refractivity contribution in [3.05, 3.63) is 23.8 Å². The van der Waals surface area contributed by atoms with Crippen LogP contribution >= 0.6 is 0 Å². The van der Waals surface area contributed by atoms with Gasteiger partial charge in [-0.1, -0.05) is 6.07 Å². The molecule has 122 valence electrons. The Balaban J connectivity index is 2.32. The quantitative estimate of drug-likeness (QED) is 0.837. The van der Waals surface area contributed by atoms with Crippen LogP contribution < -0.4 is 9.21 Å². The van der Waals surface area contributed by atoms with E-state index in [0.29, 0.717) is 17.9 Å². The van der Waals surface area contributed by atoms with Gasteiger partial charge in [-0.3, -0.25) is 9.21 Å². The third-order valence-electron chi connectivity index (χ3n) is 3.44. The minimum absolute atomic E-state index is 0.412. The van der Waals surface area contributed by atoms with Crippen molar-refractivity contribution in [3.63, 3.8) is 0 Å². The predicted octanol–water partition coefficient (Wildman–Crippen LogP) is 2.38. The van der Waals surface area contributed by atoms with Crippen LogP contribution in [0.2, 0.25) is 0 Å². The summed E-state index contributed by atoms with van der Waals surface area (Å²) < 4.78 is 29.9. The molecule has 1 heterocycles. The highest BCUT2D eigenvalue weighted by atomic mass is 32.2. The first-order valence-electron chi connectivity index (χ1n) is 7.06. The number of anilines is 2. The molecule has 0 atom stereocenters. The molecular formula is C15H22N2O4S. The molecule has 0 bridgehead atoms. The average Bonchev–Trinajstić information content (AvgIpc) is 2.77. The molecule has 0 radical (unpaired) electrons. The fraction of sp³-hybridized carbons (Fsp3) is 0.533. The molecule has 2 rings (SSSR count). The number of sulfonamides is 1. The summed E-state index contributed by atoms with van der Waals surface area (Å²) in [5, 5.41) is 0. The van der Waals surface area contributed by atoms with E-state index in [4.69, 9.17) is 4.74 Å². The highest BCUT2D eigenvalue weighted by molar-refractivity contribution is 7.92. The summed E-state index contributed by atoms with van der Waals surface area (Å²) in [6, 6.07) is 5.32. The minimum atomic E-state index is -3.34. The first kappa shape index (κ1) is 16.6. The van der Waals surface area contributed by atoms with Gasteiger partial charge in [0.1, 0.15) is 5.60 Å². The van der Waals surface area contributed by atoms with Gasteiger partial charge >= 0.3 is 6.09 Å². The predicted molar refractivity (Wildman–Crippen MR) is 87.0 cm³/mol. The summed E-state index contributed by atoms with van der Waals surface area (Å²) in [4.78, 5) is 13.8. The van der Waals surface area contributed by atoms with Crippen molar-refractivity contribution in [1.29, 1.82) is 0 Å². The van der Waals surface area contributed by atoms with E-state index in [2.05, 4.69) is 0 Å². The molecule has 0 fully saturated rings. The number of fused-ring (bicyclic) bond motifs is 1. The zero-order valence-corrected chi connectivity index (χ0v) is 14.4. The van der Waals surface area contributed by atoms with Crippen LogP contribution in [-0.2, 0) is 21.2 Å². The molecule has 22 heavy (non-hydrogen) atoms. The standard InChI is InChI=1S/C15H22N2O4S/c1-15(2,3)21-14(18)17-9-8-11-6-7-12(10-13(11)17)16(4)22(5,19)20/h6-7,10H,8-9H2,1-5H3. The smallest absolute Gasteiger partial charge is 0.414 e. The van der Waals surface area contributed by atoms with E-state index in [-0.39, 0.29) is 0 Å². The van der Waals surface area contributed by atoms with E-state index < -0.39 is 21.7 Å². The molecule has 0 aliphatic carbocycles. The SMILES string of the molecule is CN(c1ccc2c(c1)N(C(=O)OC(C)(C)C)CC2)S(C)(=O)=O. The van der Waals surface area contributed by atoms with Crippen LogP contribution in [0.4, 0.5) is 16.2 Å². The lowest BCUT2D eigenvalue weighted by atomic mass is 10.1. The molecule has 0 aromatic heterocycles. The molecule has 0 saturated carbocycles. The number of amides is 1. The number of ether oxygens (including phenoxy) is 1. The van der Waals surface area contributed by atoms with Crippen molar-refractivity contribution in [3.8, 4) is 0 Å². The van der Waals surface area contributed by atoms with Crippen LogP contribution in [-0.4, -0.2) is 40.0 Å². The molecule has 1 aromatic rings. The highest BCUT2D eigenvalue weighted by Gasteiger charge is 2.29. The Labute approximate surface area is 131 Å². The van der Waals surface area contributed by atoms with E-state index >= 15 is 0 Å². The second-order valence-electron chi connectivity index (χ2n) is 6.43. The monoisotopic (exact) mass is 326 g/mol. The fourth-order valence-electron chi connectivity index (χ4n) is 2.26. The number of rotatable bonds is 2. The van der Waals surface area contributed by atoms with E-state index in [0.717, 1.165) is 18.2 Å². The summed E-state index contributed by atoms with van der Waals surface area (Å²) >= 11 is 0. The maximum Gasteiger partial charge on any atom is 0.414 e. The molecule has 1 aliphatic rings. The molecule has 7 heteroatoms. The van der Waals surface area contributed by atoms with Gasteiger partial charge < -0.3 is 4.74 Å². The topological polar surface area (TPSA) is 66.9 Å². The fourth-order valence-corrected chi connectivity index (χ4v) is 2.76. The Bertz CT molecular complexity index is 692. The molecule has 0 unspecified atom stereocenters. The lowest BCUT2D eigenvalue weighted by Gasteiger charge is -2.25. The number of nitrogens with zero attached hydrogens (tertiary/aromatic N) is 2. The highest BCUT2D eigenvalue weighted by Crippen LogP contribution is 2.33. The molecule has 0 N–H and O–H groups in total. The van der Waals surface area contributed by atoms with Crippen molar-refractivity contribution in [2.24, 2.45) is 0 Å². The van der Waals surface area contributed by atoms with Gasteiger partial charge in [-0.15, -0.1) is 0 Å². The van der Waals surface area contributed by atoms with Crippen molar-refractivity contribution >= 4 is 27.5 Å². The number of carbonyl (C=O) groups is 1. The zero-order chi connectivity index (χ0) is 16.7. The van der Waals surface area contributed by atoms with Crippen LogP contribution in [0.3, 0.4) is 0 Å². The Hall–Kier alpha value is -1.76. The van der Waals surface area contributed by atoms with Gasteiger partial charge in [0.2, 0.25) is 10.0 Å². The van der Waals surface area contributed by atoms with Gasteiger partial charge in [0, 0.05) is 13.6 Å². The van der Waals surface area contributed by atoms with Gasteiger partial charge in [-0.05, 0) is 44.9 Å². The number of hydrogen-bond acceptors (Lipinski definition) is 4. The van der Waals surface area contributed by atoms with Crippen molar-refractivity contribution < 1.29 is 17.9 Å². The summed E-state index contributed by atoms with van der Waals surface area (Å²) in [5.74, 6) is 0. The van der Waals surface area contributed by atoms with E-state index in [9.17, 15) is 13.2 Å². The zero-order valence-electron chi connectivity index (χ0n) is 13.6. The Morgan fingerprint density at radius 1 is 1.32 bits per heavy atom. The van der Waals surface area contributed by atoms with Gasteiger partial charge in [-0.25, -0.2) is 13.2 Å². The molecule has 0 saturated heterocycles. The maximum absolute atomic E-state index is 12.3. The normalized spacial score (nSPS) is 14.7. The lowest BCUT2D eigenvalue weighted by Crippen LogP contribution is -2.35. The molecular weight excluding hydrogens is 304 g/mol. The molecule has 1 amide bonds. The average molecular weight is 326 g/mol. The third-order valence-corrected chi connectivity index (χ3v) is 4.65. The minimum Gasteiger partial charge on any atom is -0.443 e. The Kier molecular flexibility index (Phi) is 4.12. The summed E-state index contributed by atoms with van der Waals surface area (Å²) in [7, 11) is -1.85. The van der Waals surface area contributed by atoms with Crippen molar-refractivity contribution in [2.75, 3.05) is 29.1 Å². The molecule has 0 spiro atoms. The van der Waals surface area contributed by atoms with Gasteiger partial charge in [0.05, 0.1) is 17.6 Å². The summed E-state index contributed by atoms with van der Waals surface area (Å²) in [5.41, 5.74) is 1.68. The second kappa shape index (κ2) is 5.46. The van der Waals surface area contributed by atoms with Crippen LogP contribution in [0.15, 0.2) is 18.2 Å². The number of hydrogen-bond donors (Lipinski definition) is 0. The van der Waals surface area contributed by atoms with Gasteiger partial charge in [0.15, 0.2) is 0 Å². The van der Waals surface area contributed by atoms with Crippen LogP contribution in [0.25, 0.3) is 0 Å². The van der Waals surface area contributed by atoms with Gasteiger partial charge in [-0.2, -0.15) is 0 Å². The number of benzene rings is 1. The first-order chi connectivity index (χ1) is 9.99. The second-order valence-corrected chi connectivity index (χ2v) is 8.44. The lowest BCUT2D eigenvalue weighted by molar-refractivity contribution is 0.0584. The third kappa shape index (κ3) is 3.52. The van der Waals surface area contributed by atoms with E-state index in [1.165, 1.54) is 11.4 Å². The summed E-state index contributed by atoms with van der Waals surface area (Å²) in [6.07, 6.45) is 1.47. The summed E-state index contributed by atoms with van der Waals surface area (Å²) in [6.45, 7) is 5.98. The van der Waals surface area contributed by atoms with Crippen molar-refractivity contribution in [1.82, 2.24) is 0 Å². The maximum atomic E-state index is 12.3. The van der Waals surface area contributed by atoms with Crippen LogP contribution in [0.5, 0.6) is 0 Å². The largest absolute Gasteiger partial charge is 0.443 e. The van der Waals surface area contributed by atoms with Crippen molar-refractivity contribution in [2.45, 2.75) is 32.8 Å². The molecule has 1 aliphatic heterocycles. The molecule has 6 nitrogen and oxygen atoms in total. The van der Waals surface area contributed by atoms with Crippen LogP contribution in [0.1, 0.15) is 26.3 Å². The van der Waals surface area contributed by atoms with E-state index in [1.807, 2.05) is 26.8 Å². The molecule has 1 aromatic carbocycles. The van der Waals surface area contributed by atoms with Gasteiger partial charge in [0.25, 0.3) is 0 Å². The van der Waals surface area contributed by atoms with E-state index in [1.54, 1.807) is 17.0 Å².